The summed E-state index contributed by atoms with van der Waals surface area (Å²) in [4.78, 5) is 0. The van der Waals surface area contributed by atoms with Gasteiger partial charge in [-0.25, -0.2) is 0 Å². The molecule has 2 nitrogen and oxygen atoms in total. The van der Waals surface area contributed by atoms with Gasteiger partial charge in [0.15, 0.2) is 0 Å². The quantitative estimate of drug-likeness (QED) is 0.625. The summed E-state index contributed by atoms with van der Waals surface area (Å²) in [6.45, 7) is 1.87. The summed E-state index contributed by atoms with van der Waals surface area (Å²) >= 11 is 0. The van der Waals surface area contributed by atoms with E-state index in [4.69, 9.17) is 9.52 Å². The fourth-order valence-corrected chi connectivity index (χ4v) is 1.47. The Bertz CT molecular complexity index is 545. The second-order valence-corrected chi connectivity index (χ2v) is 3.74. The van der Waals surface area contributed by atoms with E-state index in [0.29, 0.717) is 5.75 Å². The molecule has 0 saturated carbocycles. The Labute approximate surface area is 100 Å². The third kappa shape index (κ3) is 2.88. The van der Waals surface area contributed by atoms with Crippen LogP contribution in [-0.4, -0.2) is 5.11 Å². The molecule has 0 bridgehead atoms. The van der Waals surface area contributed by atoms with Crippen molar-refractivity contribution in [3.63, 3.8) is 0 Å². The second kappa shape index (κ2) is 5.21. The van der Waals surface area contributed by atoms with Crippen molar-refractivity contribution < 1.29 is 9.52 Å². The molecule has 3 rings (SSSR count). The number of rotatable bonds is 0. The average Bonchev–Trinajstić information content (AvgIpc) is 2.82. The molecule has 0 atom stereocenters. The molecule has 1 aromatic heterocycles. The SMILES string of the molecule is Cc1ccccc1O.c1ccc2occc2c1. The van der Waals surface area contributed by atoms with E-state index >= 15 is 0 Å². The molecule has 0 radical (unpaired) electrons. The van der Waals surface area contributed by atoms with Gasteiger partial charge in [0, 0.05) is 5.39 Å². The zero-order valence-electron chi connectivity index (χ0n) is 9.63. The Morgan fingerprint density at radius 1 is 0.882 bits per heavy atom. The van der Waals surface area contributed by atoms with Crippen molar-refractivity contribution in [3.8, 4) is 5.75 Å². The molecule has 0 amide bonds. The standard InChI is InChI=1S/C8H6O.C7H8O/c1-2-4-8-7(3-1)5-6-9-8;1-6-4-2-3-5-7(6)8/h1-6H;2-5,8H,1H3. The van der Waals surface area contributed by atoms with E-state index in [1.807, 2.05) is 55.5 Å². The monoisotopic (exact) mass is 226 g/mol. The highest BCUT2D eigenvalue weighted by Crippen LogP contribution is 2.13. The highest BCUT2D eigenvalue weighted by atomic mass is 16.3. The third-order valence-electron chi connectivity index (χ3n) is 2.48. The van der Waals surface area contributed by atoms with Gasteiger partial charge in [0.05, 0.1) is 6.26 Å². The number of aromatic hydroxyl groups is 1. The summed E-state index contributed by atoms with van der Waals surface area (Å²) in [5, 5.41) is 10.1. The smallest absolute Gasteiger partial charge is 0.133 e. The number of hydrogen-bond donors (Lipinski definition) is 1. The van der Waals surface area contributed by atoms with Crippen LogP contribution >= 0.6 is 0 Å². The summed E-state index contributed by atoms with van der Waals surface area (Å²) in [5.74, 6) is 0.368. The van der Waals surface area contributed by atoms with Crippen molar-refractivity contribution in [1.29, 1.82) is 0 Å². The lowest BCUT2D eigenvalue weighted by Crippen LogP contribution is -1.68. The number of phenolic OH excluding ortho intramolecular Hbond substituents is 1. The lowest BCUT2D eigenvalue weighted by atomic mass is 10.2. The number of aryl methyl sites for hydroxylation is 1. The summed E-state index contributed by atoms with van der Waals surface area (Å²) < 4.78 is 5.12. The van der Waals surface area contributed by atoms with Gasteiger partial charge in [0.25, 0.3) is 0 Å². The van der Waals surface area contributed by atoms with Crippen LogP contribution < -0.4 is 0 Å². The van der Waals surface area contributed by atoms with Crippen LogP contribution in [0.4, 0.5) is 0 Å². The van der Waals surface area contributed by atoms with Gasteiger partial charge >= 0.3 is 0 Å². The van der Waals surface area contributed by atoms with Crippen molar-refractivity contribution >= 4 is 11.0 Å². The van der Waals surface area contributed by atoms with Crippen LogP contribution in [0.3, 0.4) is 0 Å². The normalized spacial score (nSPS) is 9.71. The lowest BCUT2D eigenvalue weighted by molar-refractivity contribution is 0.471. The molecule has 0 aliphatic carbocycles. The van der Waals surface area contributed by atoms with Gasteiger partial charge in [-0.15, -0.1) is 0 Å². The molecular formula is C15H14O2. The van der Waals surface area contributed by atoms with Gasteiger partial charge in [-0.2, -0.15) is 0 Å². The van der Waals surface area contributed by atoms with Crippen LogP contribution in [0.25, 0.3) is 11.0 Å². The van der Waals surface area contributed by atoms with Gasteiger partial charge in [-0.05, 0) is 30.7 Å². The molecule has 0 aliphatic heterocycles. The van der Waals surface area contributed by atoms with E-state index in [9.17, 15) is 0 Å². The zero-order valence-corrected chi connectivity index (χ0v) is 9.63. The zero-order chi connectivity index (χ0) is 12.1. The molecule has 86 valence electrons. The van der Waals surface area contributed by atoms with Gasteiger partial charge in [0.1, 0.15) is 11.3 Å². The largest absolute Gasteiger partial charge is 0.508 e. The number of furan rings is 1. The molecule has 2 aromatic carbocycles. The Kier molecular flexibility index (Phi) is 3.46. The number of hydrogen-bond acceptors (Lipinski definition) is 2. The van der Waals surface area contributed by atoms with E-state index < -0.39 is 0 Å². The van der Waals surface area contributed by atoms with Crippen LogP contribution in [-0.2, 0) is 0 Å². The van der Waals surface area contributed by atoms with E-state index in [1.54, 1.807) is 12.3 Å². The minimum Gasteiger partial charge on any atom is -0.508 e. The van der Waals surface area contributed by atoms with Crippen LogP contribution in [0.15, 0.2) is 65.3 Å². The van der Waals surface area contributed by atoms with Crippen molar-refractivity contribution in [2.24, 2.45) is 0 Å². The van der Waals surface area contributed by atoms with Gasteiger partial charge in [-0.1, -0.05) is 36.4 Å². The molecule has 2 heteroatoms. The van der Waals surface area contributed by atoms with Crippen molar-refractivity contribution in [2.45, 2.75) is 6.92 Å². The predicted octanol–water partition coefficient (Wildman–Crippen LogP) is 4.13. The minimum atomic E-state index is 0.368. The van der Waals surface area contributed by atoms with Gasteiger partial charge in [0.2, 0.25) is 0 Å². The van der Waals surface area contributed by atoms with Crippen LogP contribution in [0.1, 0.15) is 5.56 Å². The van der Waals surface area contributed by atoms with E-state index in [1.165, 1.54) is 0 Å². The fourth-order valence-electron chi connectivity index (χ4n) is 1.47. The molecule has 0 unspecified atom stereocenters. The molecule has 1 heterocycles. The van der Waals surface area contributed by atoms with Gasteiger partial charge in [-0.3, -0.25) is 0 Å². The van der Waals surface area contributed by atoms with E-state index in [-0.39, 0.29) is 0 Å². The molecule has 0 saturated heterocycles. The third-order valence-corrected chi connectivity index (χ3v) is 2.48. The van der Waals surface area contributed by atoms with Crippen molar-refractivity contribution in [3.05, 3.63) is 66.4 Å². The molecular weight excluding hydrogens is 212 g/mol. The molecule has 17 heavy (non-hydrogen) atoms. The topological polar surface area (TPSA) is 33.4 Å². The maximum absolute atomic E-state index is 8.92. The Balaban J connectivity index is 0.000000128. The van der Waals surface area contributed by atoms with Crippen LogP contribution in [0.5, 0.6) is 5.75 Å². The molecule has 3 aromatic rings. The molecule has 1 N–H and O–H groups in total. The first-order valence-corrected chi connectivity index (χ1v) is 5.44. The summed E-state index contributed by atoms with van der Waals surface area (Å²) in [7, 11) is 0. The number of phenols is 1. The Hall–Kier alpha value is -2.22. The molecule has 0 aliphatic rings. The summed E-state index contributed by atoms with van der Waals surface area (Å²) in [6, 6.07) is 17.1. The van der Waals surface area contributed by atoms with E-state index in [2.05, 4.69) is 0 Å². The Morgan fingerprint density at radius 3 is 2.24 bits per heavy atom. The maximum atomic E-state index is 8.92. The predicted molar refractivity (Wildman–Crippen MR) is 69.1 cm³/mol. The highest BCUT2D eigenvalue weighted by Gasteiger charge is 1.89. The van der Waals surface area contributed by atoms with Gasteiger partial charge < -0.3 is 9.52 Å². The highest BCUT2D eigenvalue weighted by molar-refractivity contribution is 5.76. The number of benzene rings is 2. The van der Waals surface area contributed by atoms with Crippen molar-refractivity contribution in [1.82, 2.24) is 0 Å². The second-order valence-electron chi connectivity index (χ2n) is 3.74. The lowest BCUT2D eigenvalue weighted by Gasteiger charge is -1.92. The first kappa shape index (κ1) is 11.3. The molecule has 0 spiro atoms. The molecule has 0 fully saturated rings. The number of fused-ring (bicyclic) bond motifs is 1. The van der Waals surface area contributed by atoms with E-state index in [0.717, 1.165) is 16.5 Å². The van der Waals surface area contributed by atoms with Crippen LogP contribution in [0, 0.1) is 6.92 Å². The average molecular weight is 226 g/mol. The maximum Gasteiger partial charge on any atom is 0.133 e. The first-order valence-electron chi connectivity index (χ1n) is 5.44. The van der Waals surface area contributed by atoms with Crippen molar-refractivity contribution in [2.75, 3.05) is 0 Å². The first-order chi connectivity index (χ1) is 8.27. The Morgan fingerprint density at radius 2 is 1.59 bits per heavy atom. The number of para-hydroxylation sites is 2. The summed E-state index contributed by atoms with van der Waals surface area (Å²) in [5.41, 5.74) is 1.88. The minimum absolute atomic E-state index is 0.368. The summed E-state index contributed by atoms with van der Waals surface area (Å²) in [6.07, 6.45) is 1.70. The van der Waals surface area contributed by atoms with Crippen LogP contribution in [0.2, 0.25) is 0 Å². The fraction of sp³-hybridized carbons (Fsp3) is 0.0667.